The van der Waals surface area contributed by atoms with E-state index in [2.05, 4.69) is 20.8 Å². The minimum absolute atomic E-state index is 0.377. The molecule has 38 heavy (non-hydrogen) atoms. The van der Waals surface area contributed by atoms with Gasteiger partial charge in [0.2, 0.25) is 5.84 Å². The highest BCUT2D eigenvalue weighted by Gasteiger charge is 2.24. The maximum Gasteiger partial charge on any atom is 0.303 e. The normalized spacial score (nSPS) is 12.4. The number of amidine groups is 1. The van der Waals surface area contributed by atoms with E-state index >= 15 is 0 Å². The molecule has 0 bridgehead atoms. The molecule has 0 aliphatic rings. The second-order valence-electron chi connectivity index (χ2n) is 7.05. The number of halogens is 1. The Bertz CT molecular complexity index is 1710. The Labute approximate surface area is 227 Å². The fourth-order valence-electron chi connectivity index (χ4n) is 2.80. The second-order valence-corrected chi connectivity index (χ2v) is 11.1. The highest BCUT2D eigenvalue weighted by molar-refractivity contribution is 14.1. The highest BCUT2D eigenvalue weighted by Crippen LogP contribution is 2.32. The van der Waals surface area contributed by atoms with Gasteiger partial charge in [-0.1, -0.05) is 0 Å². The van der Waals surface area contributed by atoms with E-state index in [1.807, 2.05) is 22.6 Å². The lowest BCUT2D eigenvalue weighted by atomic mass is 10.2. The molecule has 0 saturated heterocycles. The predicted octanol–water partition coefficient (Wildman–Crippen LogP) is 4.16. The zero-order valence-corrected chi connectivity index (χ0v) is 22.2. The standard InChI is InChI=1S/C19H13IN6O10S2/c20-11-1-3-12(4-2-11)21-23-19(15-7-6-14(37(31,32)33)10-18(15)38(34,35)36)24-22-16-8-5-13(25(27)28)9-17(16)26(29)30/h1-10,21H,(H,31,32,33)(H,34,35,36)/b23-19-,24-22?. The molecule has 3 aromatic carbocycles. The van der Waals surface area contributed by atoms with Gasteiger partial charge >= 0.3 is 5.69 Å². The van der Waals surface area contributed by atoms with Crippen molar-refractivity contribution in [3.63, 3.8) is 0 Å². The smallest absolute Gasteiger partial charge is 0.282 e. The van der Waals surface area contributed by atoms with Crippen LogP contribution in [-0.4, -0.2) is 41.6 Å². The number of nitrogens with zero attached hydrogens (tertiary/aromatic N) is 5. The SMILES string of the molecule is O=[N+]([O-])c1ccc(N=N/C(=N\Nc2ccc(I)cc2)c2ccc(S(=O)(=O)O)cc2S(=O)(=O)O)c([N+](=O)[O-])c1. The maximum absolute atomic E-state index is 12.0. The van der Waals surface area contributed by atoms with E-state index in [4.69, 9.17) is 0 Å². The zero-order chi connectivity index (χ0) is 28.3. The van der Waals surface area contributed by atoms with Gasteiger partial charge in [-0.3, -0.25) is 34.8 Å². The quantitative estimate of drug-likeness (QED) is 0.0581. The van der Waals surface area contributed by atoms with Gasteiger partial charge in [0.1, 0.15) is 4.90 Å². The molecule has 0 saturated carbocycles. The first-order valence-corrected chi connectivity index (χ1v) is 13.7. The summed E-state index contributed by atoms with van der Waals surface area (Å²) < 4.78 is 66.9. The van der Waals surface area contributed by atoms with Crippen molar-refractivity contribution in [2.24, 2.45) is 15.3 Å². The summed E-state index contributed by atoms with van der Waals surface area (Å²) in [6, 6.07) is 11.2. The van der Waals surface area contributed by atoms with E-state index in [9.17, 15) is 46.2 Å². The minimum atomic E-state index is -5.14. The van der Waals surface area contributed by atoms with E-state index < -0.39 is 68.3 Å². The van der Waals surface area contributed by atoms with Gasteiger partial charge < -0.3 is 0 Å². The van der Waals surface area contributed by atoms with Crippen LogP contribution in [0.2, 0.25) is 0 Å². The number of nitrogens with one attached hydrogen (secondary N) is 1. The topological polar surface area (TPSA) is 244 Å². The Kier molecular flexibility index (Phi) is 8.46. The number of non-ortho nitro benzene ring substituents is 1. The summed E-state index contributed by atoms with van der Waals surface area (Å²) >= 11 is 2.05. The van der Waals surface area contributed by atoms with E-state index in [-0.39, 0.29) is 0 Å². The van der Waals surface area contributed by atoms with Gasteiger partial charge in [-0.2, -0.15) is 21.9 Å². The van der Waals surface area contributed by atoms with Crippen LogP contribution < -0.4 is 5.43 Å². The maximum atomic E-state index is 12.0. The number of hydrogen-bond acceptors (Lipinski definition) is 11. The van der Waals surface area contributed by atoms with Crippen LogP contribution in [0.4, 0.5) is 22.7 Å². The summed E-state index contributed by atoms with van der Waals surface area (Å²) in [6.45, 7) is 0. The van der Waals surface area contributed by atoms with Gasteiger partial charge in [0.15, 0.2) is 5.69 Å². The molecule has 0 heterocycles. The molecule has 19 heteroatoms. The minimum Gasteiger partial charge on any atom is -0.282 e. The number of hydrazone groups is 1. The van der Waals surface area contributed by atoms with Gasteiger partial charge in [-0.25, -0.2) is 0 Å². The first-order valence-electron chi connectivity index (χ1n) is 9.70. The number of anilines is 1. The molecular weight excluding hydrogens is 663 g/mol. The predicted molar refractivity (Wildman–Crippen MR) is 140 cm³/mol. The fraction of sp³-hybridized carbons (Fsp3) is 0. The molecule has 0 aliphatic carbocycles. The largest absolute Gasteiger partial charge is 0.303 e. The summed E-state index contributed by atoms with van der Waals surface area (Å²) in [7, 11) is -10.0. The van der Waals surface area contributed by atoms with Crippen LogP contribution in [0, 0.1) is 23.8 Å². The number of rotatable bonds is 8. The van der Waals surface area contributed by atoms with Crippen molar-refractivity contribution in [3.05, 3.63) is 90.0 Å². The first-order chi connectivity index (χ1) is 17.7. The first kappa shape index (κ1) is 28.6. The lowest BCUT2D eigenvalue weighted by Crippen LogP contribution is -2.11. The molecule has 3 N–H and O–H groups in total. The Balaban J connectivity index is 2.21. The van der Waals surface area contributed by atoms with Crippen molar-refractivity contribution in [1.82, 2.24) is 0 Å². The molecule has 0 amide bonds. The van der Waals surface area contributed by atoms with E-state index in [1.165, 1.54) is 0 Å². The van der Waals surface area contributed by atoms with Crippen molar-refractivity contribution in [2.75, 3.05) is 5.43 Å². The summed E-state index contributed by atoms with van der Waals surface area (Å²) in [5.41, 5.74) is 0.558. The monoisotopic (exact) mass is 676 g/mol. The molecule has 0 aromatic heterocycles. The average Bonchev–Trinajstić information content (AvgIpc) is 2.83. The molecule has 0 fully saturated rings. The van der Waals surface area contributed by atoms with Crippen LogP contribution in [0.1, 0.15) is 5.56 Å². The average molecular weight is 676 g/mol. The van der Waals surface area contributed by atoms with Crippen LogP contribution in [0.15, 0.2) is 85.8 Å². The van der Waals surface area contributed by atoms with Gasteiger partial charge in [0.25, 0.3) is 25.9 Å². The van der Waals surface area contributed by atoms with Crippen molar-refractivity contribution in [3.8, 4) is 0 Å². The van der Waals surface area contributed by atoms with Crippen molar-refractivity contribution >= 4 is 71.4 Å². The van der Waals surface area contributed by atoms with Gasteiger partial charge in [-0.05, 0) is 71.1 Å². The third-order valence-corrected chi connectivity index (χ3v) is 6.99. The number of azo groups is 1. The highest BCUT2D eigenvalue weighted by atomic mass is 127. The lowest BCUT2D eigenvalue weighted by molar-refractivity contribution is -0.393. The van der Waals surface area contributed by atoms with Crippen molar-refractivity contribution < 1.29 is 35.8 Å². The van der Waals surface area contributed by atoms with Crippen LogP contribution in [0.3, 0.4) is 0 Å². The Morgan fingerprint density at radius 3 is 2.08 bits per heavy atom. The number of nitro benzene ring substituents is 2. The van der Waals surface area contributed by atoms with Gasteiger partial charge in [0.05, 0.1) is 26.5 Å². The van der Waals surface area contributed by atoms with E-state index in [0.717, 1.165) is 27.8 Å². The molecule has 0 spiro atoms. The summed E-state index contributed by atoms with van der Waals surface area (Å²) in [6.07, 6.45) is 0. The number of hydrogen-bond donors (Lipinski definition) is 3. The molecule has 0 unspecified atom stereocenters. The van der Waals surface area contributed by atoms with Gasteiger partial charge in [0, 0.05) is 15.2 Å². The van der Waals surface area contributed by atoms with E-state index in [1.54, 1.807) is 24.3 Å². The third-order valence-electron chi connectivity index (χ3n) is 4.52. The molecule has 0 aliphatic heterocycles. The third kappa shape index (κ3) is 7.10. The molecule has 198 valence electrons. The van der Waals surface area contributed by atoms with Gasteiger partial charge in [-0.15, -0.1) is 10.2 Å². The molecule has 16 nitrogen and oxygen atoms in total. The van der Waals surface area contributed by atoms with Crippen molar-refractivity contribution in [2.45, 2.75) is 9.79 Å². The van der Waals surface area contributed by atoms with E-state index in [0.29, 0.717) is 17.8 Å². The summed E-state index contributed by atoms with van der Waals surface area (Å²) in [5, 5.41) is 33.7. The van der Waals surface area contributed by atoms with Crippen LogP contribution in [0.5, 0.6) is 0 Å². The molecule has 3 aromatic rings. The Hall–Kier alpha value is -3.92. The summed E-state index contributed by atoms with van der Waals surface area (Å²) in [4.78, 5) is 18.7. The summed E-state index contributed by atoms with van der Waals surface area (Å²) in [5.74, 6) is -0.606. The fourth-order valence-corrected chi connectivity index (χ4v) is 4.45. The number of benzene rings is 3. The Morgan fingerprint density at radius 2 is 1.53 bits per heavy atom. The van der Waals surface area contributed by atoms with Crippen LogP contribution >= 0.6 is 22.6 Å². The second kappa shape index (κ2) is 11.2. The lowest BCUT2D eigenvalue weighted by Gasteiger charge is -2.09. The van der Waals surface area contributed by atoms with Crippen molar-refractivity contribution in [1.29, 1.82) is 0 Å². The molecule has 3 rings (SSSR count). The molecule has 0 radical (unpaired) electrons. The zero-order valence-electron chi connectivity index (χ0n) is 18.4. The number of nitro groups is 2. The molecular formula is C19H13IN6O10S2. The Morgan fingerprint density at radius 1 is 0.868 bits per heavy atom. The molecule has 0 atom stereocenters. The van der Waals surface area contributed by atoms with Crippen LogP contribution in [-0.2, 0) is 20.2 Å². The van der Waals surface area contributed by atoms with Crippen LogP contribution in [0.25, 0.3) is 0 Å².